The predicted octanol–water partition coefficient (Wildman–Crippen LogP) is 3.68. The van der Waals surface area contributed by atoms with Crippen molar-refractivity contribution in [2.75, 3.05) is 37.7 Å². The van der Waals surface area contributed by atoms with Gasteiger partial charge in [-0.15, -0.1) is 6.42 Å². The van der Waals surface area contributed by atoms with Gasteiger partial charge in [0, 0.05) is 29.8 Å². The summed E-state index contributed by atoms with van der Waals surface area (Å²) in [6.45, 7) is 7.83. The molecule has 2 N–H and O–H groups in total. The molecule has 0 aliphatic carbocycles. The number of aromatic hydroxyl groups is 1. The molecular formula is C33H35N7O3. The molecule has 2 aromatic heterocycles. The van der Waals surface area contributed by atoms with E-state index in [4.69, 9.17) is 35.8 Å². The molecular weight excluding hydrogens is 542 g/mol. The number of hydrogen-bond acceptors (Lipinski definition) is 10. The van der Waals surface area contributed by atoms with Crippen molar-refractivity contribution in [3.05, 3.63) is 42.0 Å². The van der Waals surface area contributed by atoms with Crippen LogP contribution in [-0.4, -0.2) is 86.5 Å². The maximum Gasteiger partial charge on any atom is 0.320 e. The molecule has 5 aliphatic heterocycles. The van der Waals surface area contributed by atoms with Gasteiger partial charge in [-0.3, -0.25) is 4.90 Å². The number of benzene rings is 1. The molecule has 0 spiro atoms. The fourth-order valence-electron chi connectivity index (χ4n) is 7.92. The number of nitrogens with zero attached hydrogens (tertiary/aromatic N) is 6. The van der Waals surface area contributed by atoms with Gasteiger partial charge in [0.2, 0.25) is 5.88 Å². The summed E-state index contributed by atoms with van der Waals surface area (Å²) in [6, 6.07) is 4.32. The molecule has 1 aromatic carbocycles. The quantitative estimate of drug-likeness (QED) is 0.333. The highest BCUT2D eigenvalue weighted by molar-refractivity contribution is 5.94. The molecule has 3 atom stereocenters. The lowest BCUT2D eigenvalue weighted by atomic mass is 9.95. The van der Waals surface area contributed by atoms with Gasteiger partial charge in [-0.05, 0) is 69.3 Å². The summed E-state index contributed by atoms with van der Waals surface area (Å²) in [5, 5.41) is 15.1. The summed E-state index contributed by atoms with van der Waals surface area (Å²) in [5.41, 5.74) is 2.24. The summed E-state index contributed by atoms with van der Waals surface area (Å²) in [7, 11) is 0. The van der Waals surface area contributed by atoms with Gasteiger partial charge in [0.15, 0.2) is 17.3 Å². The highest BCUT2D eigenvalue weighted by atomic mass is 16.5. The number of phenols is 1. The zero-order chi connectivity index (χ0) is 29.1. The van der Waals surface area contributed by atoms with E-state index in [0.717, 1.165) is 51.1 Å². The number of phenolic OH excluding ortho intramolecular Hbond substituents is 1. The van der Waals surface area contributed by atoms with Gasteiger partial charge in [0.1, 0.15) is 24.3 Å². The van der Waals surface area contributed by atoms with E-state index in [1.165, 1.54) is 12.8 Å². The molecule has 4 fully saturated rings. The van der Waals surface area contributed by atoms with Crippen molar-refractivity contribution in [2.45, 2.75) is 62.2 Å². The first kappa shape index (κ1) is 26.4. The number of fused-ring (bicyclic) bond motifs is 6. The molecule has 4 saturated heterocycles. The lowest BCUT2D eigenvalue weighted by molar-refractivity contribution is 0.108. The molecule has 0 saturated carbocycles. The van der Waals surface area contributed by atoms with E-state index in [9.17, 15) is 5.11 Å². The van der Waals surface area contributed by atoms with Crippen LogP contribution in [0.15, 0.2) is 30.9 Å². The predicted molar refractivity (Wildman–Crippen MR) is 164 cm³/mol. The van der Waals surface area contributed by atoms with Gasteiger partial charge < -0.3 is 24.8 Å². The molecule has 10 nitrogen and oxygen atoms in total. The maximum atomic E-state index is 10.6. The van der Waals surface area contributed by atoms with Crippen molar-refractivity contribution in [1.82, 2.24) is 30.2 Å². The van der Waals surface area contributed by atoms with E-state index < -0.39 is 0 Å². The van der Waals surface area contributed by atoms with E-state index in [2.05, 4.69) is 27.6 Å². The average molecular weight is 578 g/mol. The van der Waals surface area contributed by atoms with Crippen LogP contribution in [0.5, 0.6) is 17.6 Å². The fourth-order valence-corrected chi connectivity index (χ4v) is 7.92. The zero-order valence-corrected chi connectivity index (χ0v) is 24.1. The number of anilines is 1. The molecule has 0 radical (unpaired) electrons. The molecule has 3 unspecified atom stereocenters. The number of ether oxygens (including phenoxy) is 2. The maximum absolute atomic E-state index is 10.6. The third kappa shape index (κ3) is 4.33. The van der Waals surface area contributed by atoms with Gasteiger partial charge >= 0.3 is 6.01 Å². The lowest BCUT2D eigenvalue weighted by Gasteiger charge is -2.40. The first-order valence-corrected chi connectivity index (χ1v) is 15.3. The Kier molecular flexibility index (Phi) is 6.28. The standard InChI is InChI=1S/C33H35N7O3/c1-3-5-8-20-15-22(41)16-24(23(20)4-2)28-35-29-27-30(38-32(37-29)43-19-33-11-6-13-39(33)14-7-12-33)40-17-21-9-10-25(34-21)26(40)18-42-31(27)36-28/h2-3,5,8,15-16,21,25-26,34,41H,1,6-7,9-14,17-19H2/b8-5-. The van der Waals surface area contributed by atoms with Crippen LogP contribution < -0.4 is 19.7 Å². The SMILES string of the molecule is C#Cc1c(/C=C\C=C)cc(O)cc1-c1nc2c3c(nc(OCC45CCCN4CCC5)nc3n1)N1CC3CCC(N3)C1CO2. The molecule has 7 heterocycles. The monoisotopic (exact) mass is 577 g/mol. The molecule has 220 valence electrons. The van der Waals surface area contributed by atoms with Gasteiger partial charge in [-0.2, -0.15) is 15.0 Å². The van der Waals surface area contributed by atoms with Crippen LogP contribution >= 0.6 is 0 Å². The largest absolute Gasteiger partial charge is 0.508 e. The number of nitrogens with one attached hydrogen (secondary N) is 1. The van der Waals surface area contributed by atoms with Crippen LogP contribution in [0.1, 0.15) is 49.7 Å². The van der Waals surface area contributed by atoms with Crippen LogP contribution in [-0.2, 0) is 0 Å². The Hall–Kier alpha value is -4.20. The minimum absolute atomic E-state index is 0.0526. The van der Waals surface area contributed by atoms with E-state index in [0.29, 0.717) is 70.7 Å². The molecule has 2 bridgehead atoms. The minimum Gasteiger partial charge on any atom is -0.508 e. The van der Waals surface area contributed by atoms with Crippen molar-refractivity contribution < 1.29 is 14.6 Å². The number of terminal acetylenes is 1. The third-order valence-corrected chi connectivity index (χ3v) is 9.94. The Balaban J connectivity index is 1.27. The summed E-state index contributed by atoms with van der Waals surface area (Å²) in [6.07, 6.45) is 18.1. The van der Waals surface area contributed by atoms with Crippen LogP contribution in [0.25, 0.3) is 28.5 Å². The van der Waals surface area contributed by atoms with Crippen molar-refractivity contribution in [1.29, 1.82) is 0 Å². The first-order chi connectivity index (χ1) is 21.0. The Labute approximate surface area is 250 Å². The van der Waals surface area contributed by atoms with Gasteiger partial charge in [0.05, 0.1) is 11.6 Å². The summed E-state index contributed by atoms with van der Waals surface area (Å²) >= 11 is 0. The zero-order valence-electron chi connectivity index (χ0n) is 24.1. The Morgan fingerprint density at radius 1 is 1.19 bits per heavy atom. The average Bonchev–Trinajstić information content (AvgIpc) is 3.69. The molecule has 10 heteroatoms. The Morgan fingerprint density at radius 3 is 2.86 bits per heavy atom. The smallest absolute Gasteiger partial charge is 0.320 e. The van der Waals surface area contributed by atoms with Gasteiger partial charge in [0.25, 0.3) is 0 Å². The summed E-state index contributed by atoms with van der Waals surface area (Å²) in [4.78, 5) is 24.6. The highest BCUT2D eigenvalue weighted by Gasteiger charge is 2.46. The molecule has 5 aliphatic rings. The normalized spacial score (nSPS) is 25.3. The Morgan fingerprint density at radius 2 is 2.05 bits per heavy atom. The highest BCUT2D eigenvalue weighted by Crippen LogP contribution is 2.42. The van der Waals surface area contributed by atoms with Crippen molar-refractivity contribution >= 4 is 22.9 Å². The van der Waals surface area contributed by atoms with Crippen LogP contribution in [0.3, 0.4) is 0 Å². The second kappa shape index (κ2) is 10.2. The van der Waals surface area contributed by atoms with Crippen LogP contribution in [0, 0.1) is 12.3 Å². The molecule has 43 heavy (non-hydrogen) atoms. The molecule has 8 rings (SSSR count). The number of hydrogen-bond donors (Lipinski definition) is 2. The van der Waals surface area contributed by atoms with E-state index >= 15 is 0 Å². The molecule has 0 amide bonds. The van der Waals surface area contributed by atoms with Crippen molar-refractivity contribution in [3.63, 3.8) is 0 Å². The number of piperazine rings is 1. The first-order valence-electron chi connectivity index (χ1n) is 15.3. The number of aromatic nitrogens is 4. The van der Waals surface area contributed by atoms with Crippen LogP contribution in [0.2, 0.25) is 0 Å². The summed E-state index contributed by atoms with van der Waals surface area (Å²) < 4.78 is 12.9. The van der Waals surface area contributed by atoms with Gasteiger partial charge in [-0.1, -0.05) is 30.7 Å². The van der Waals surface area contributed by atoms with Gasteiger partial charge in [-0.25, -0.2) is 4.98 Å². The number of rotatable bonds is 6. The minimum atomic E-state index is 0.0526. The fraction of sp³-hybridized carbons (Fsp3) is 0.455. The Bertz CT molecular complexity index is 1690. The molecule has 3 aromatic rings. The third-order valence-electron chi connectivity index (χ3n) is 9.94. The number of allylic oxidation sites excluding steroid dienone is 2. The van der Waals surface area contributed by atoms with E-state index in [-0.39, 0.29) is 17.3 Å². The van der Waals surface area contributed by atoms with E-state index in [1.54, 1.807) is 30.4 Å². The van der Waals surface area contributed by atoms with Crippen LogP contribution in [0.4, 0.5) is 5.82 Å². The second-order valence-corrected chi connectivity index (χ2v) is 12.4. The van der Waals surface area contributed by atoms with Crippen molar-refractivity contribution in [3.8, 4) is 41.4 Å². The summed E-state index contributed by atoms with van der Waals surface area (Å²) in [5.74, 6) is 4.32. The lowest BCUT2D eigenvalue weighted by Crippen LogP contribution is -2.60. The van der Waals surface area contributed by atoms with Crippen molar-refractivity contribution in [2.24, 2.45) is 0 Å². The second-order valence-electron chi connectivity index (χ2n) is 12.4. The topological polar surface area (TPSA) is 109 Å². The van der Waals surface area contributed by atoms with E-state index in [1.807, 2.05) is 0 Å².